The van der Waals surface area contributed by atoms with Crippen LogP contribution >= 0.6 is 0 Å². The molecule has 0 bridgehead atoms. The number of rotatable bonds is 5. The molecule has 17 heavy (non-hydrogen) atoms. The normalized spacial score (nSPS) is 20.6. The molecule has 1 unspecified atom stereocenters. The van der Waals surface area contributed by atoms with E-state index in [4.69, 9.17) is 0 Å². The first-order valence-electron chi connectivity index (χ1n) is 6.64. The van der Waals surface area contributed by atoms with Crippen LogP contribution in [0.15, 0.2) is 0 Å². The van der Waals surface area contributed by atoms with Crippen LogP contribution < -0.4 is 5.32 Å². The van der Waals surface area contributed by atoms with Gasteiger partial charge in [-0.1, -0.05) is 19.8 Å². The van der Waals surface area contributed by atoms with E-state index in [-0.39, 0.29) is 6.04 Å². The molecule has 1 N–H and O–H groups in total. The maximum atomic E-state index is 4.16. The van der Waals surface area contributed by atoms with Gasteiger partial charge in [-0.3, -0.25) is 0 Å². The van der Waals surface area contributed by atoms with Gasteiger partial charge in [0.05, 0.1) is 12.6 Å². The second-order valence-corrected chi connectivity index (χ2v) is 5.27. The summed E-state index contributed by atoms with van der Waals surface area (Å²) in [5.41, 5.74) is 0.428. The van der Waals surface area contributed by atoms with Gasteiger partial charge in [0, 0.05) is 0 Å². The molecule has 1 saturated carbocycles. The summed E-state index contributed by atoms with van der Waals surface area (Å²) < 4.78 is 2.00. The van der Waals surface area contributed by atoms with Gasteiger partial charge < -0.3 is 5.32 Å². The van der Waals surface area contributed by atoms with Crippen molar-refractivity contribution in [2.75, 3.05) is 7.05 Å². The largest absolute Gasteiger partial charge is 0.311 e. The predicted molar refractivity (Wildman–Crippen MR) is 66.5 cm³/mol. The van der Waals surface area contributed by atoms with Gasteiger partial charge in [-0.05, 0) is 49.1 Å². The summed E-state index contributed by atoms with van der Waals surface area (Å²) in [5.74, 6) is 0.951. The lowest BCUT2D eigenvalue weighted by Crippen LogP contribution is -2.27. The van der Waals surface area contributed by atoms with Crippen molar-refractivity contribution in [2.45, 2.75) is 58.5 Å². The third-order valence-corrected chi connectivity index (χ3v) is 4.28. The fraction of sp³-hybridized carbons (Fsp3) is 0.917. The summed E-state index contributed by atoms with van der Waals surface area (Å²) in [4.78, 5) is 0. The Bertz CT molecular complexity index is 354. The van der Waals surface area contributed by atoms with Crippen molar-refractivity contribution in [3.63, 3.8) is 0 Å². The van der Waals surface area contributed by atoms with Crippen molar-refractivity contribution in [1.82, 2.24) is 25.5 Å². The number of hydrogen-bond acceptors (Lipinski definition) is 4. The summed E-state index contributed by atoms with van der Waals surface area (Å²) in [6.45, 7) is 5.35. The van der Waals surface area contributed by atoms with E-state index in [1.165, 1.54) is 32.1 Å². The van der Waals surface area contributed by atoms with E-state index >= 15 is 0 Å². The fourth-order valence-electron chi connectivity index (χ4n) is 2.83. The number of hydrogen-bond donors (Lipinski definition) is 1. The van der Waals surface area contributed by atoms with Crippen LogP contribution in [0.3, 0.4) is 0 Å². The first-order valence-corrected chi connectivity index (χ1v) is 6.64. The maximum Gasteiger partial charge on any atom is 0.167 e. The van der Waals surface area contributed by atoms with Crippen LogP contribution in [0.2, 0.25) is 0 Å². The smallest absolute Gasteiger partial charge is 0.167 e. The summed E-state index contributed by atoms with van der Waals surface area (Å²) in [6, 6.07) is 0.209. The second kappa shape index (κ2) is 5.12. The van der Waals surface area contributed by atoms with E-state index < -0.39 is 0 Å². The van der Waals surface area contributed by atoms with E-state index in [1.54, 1.807) is 0 Å². The van der Waals surface area contributed by atoms with Crippen LogP contribution in [-0.2, 0) is 6.54 Å². The van der Waals surface area contributed by atoms with Gasteiger partial charge in [0.1, 0.15) is 0 Å². The highest BCUT2D eigenvalue weighted by Crippen LogP contribution is 2.42. The third kappa shape index (κ3) is 2.49. The minimum Gasteiger partial charge on any atom is -0.311 e. The lowest BCUT2D eigenvalue weighted by molar-refractivity contribution is 0.219. The van der Waals surface area contributed by atoms with Crippen molar-refractivity contribution in [2.24, 2.45) is 5.41 Å². The number of aromatic nitrogens is 4. The molecule has 1 aromatic heterocycles. The number of nitrogens with zero attached hydrogens (tertiary/aromatic N) is 4. The fourth-order valence-corrected chi connectivity index (χ4v) is 2.83. The topological polar surface area (TPSA) is 55.6 Å². The molecular weight excluding hydrogens is 214 g/mol. The molecule has 1 aliphatic rings. The molecule has 0 radical (unpaired) electrons. The van der Waals surface area contributed by atoms with Crippen LogP contribution in [0.4, 0.5) is 0 Å². The molecule has 1 heterocycles. The Balaban J connectivity index is 2.15. The Hall–Kier alpha value is -0.970. The molecule has 0 saturated heterocycles. The van der Waals surface area contributed by atoms with Gasteiger partial charge in [-0.15, -0.1) is 5.10 Å². The average molecular weight is 237 g/mol. The van der Waals surface area contributed by atoms with Gasteiger partial charge >= 0.3 is 0 Å². The molecule has 1 aromatic rings. The van der Waals surface area contributed by atoms with Crippen molar-refractivity contribution in [3.8, 4) is 0 Å². The molecule has 0 aliphatic heterocycles. The lowest BCUT2D eigenvalue weighted by atomic mass is 9.83. The Morgan fingerprint density at radius 1 is 1.41 bits per heavy atom. The minimum atomic E-state index is 0.209. The standard InChI is InChI=1S/C12H23N5/c1-4-12(7-5-6-8-12)9-17-11(10(2)13-3)14-15-16-17/h10,13H,4-9H2,1-3H3. The molecule has 5 heteroatoms. The molecule has 1 atom stereocenters. The SMILES string of the molecule is CCC1(Cn2nnnc2C(C)NC)CCCC1. The highest BCUT2D eigenvalue weighted by atomic mass is 15.5. The van der Waals surface area contributed by atoms with Crippen molar-refractivity contribution in [1.29, 1.82) is 0 Å². The van der Waals surface area contributed by atoms with Gasteiger partial charge in [-0.2, -0.15) is 0 Å². The third-order valence-electron chi connectivity index (χ3n) is 4.28. The predicted octanol–water partition coefficient (Wildman–Crippen LogP) is 1.92. The maximum absolute atomic E-state index is 4.16. The van der Waals surface area contributed by atoms with E-state index in [1.807, 2.05) is 11.7 Å². The first kappa shape index (κ1) is 12.5. The molecule has 1 aliphatic carbocycles. The second-order valence-electron chi connectivity index (χ2n) is 5.27. The Labute approximate surface area is 103 Å². The van der Waals surface area contributed by atoms with Crippen LogP contribution in [-0.4, -0.2) is 27.3 Å². The zero-order valence-corrected chi connectivity index (χ0v) is 11.1. The number of nitrogens with one attached hydrogen (secondary N) is 1. The molecule has 96 valence electrons. The van der Waals surface area contributed by atoms with E-state index in [2.05, 4.69) is 34.7 Å². The Morgan fingerprint density at radius 2 is 2.12 bits per heavy atom. The Morgan fingerprint density at radius 3 is 2.71 bits per heavy atom. The van der Waals surface area contributed by atoms with Gasteiger partial charge in [0.2, 0.25) is 0 Å². The van der Waals surface area contributed by atoms with Crippen molar-refractivity contribution < 1.29 is 0 Å². The highest BCUT2D eigenvalue weighted by molar-refractivity contribution is 4.92. The summed E-state index contributed by atoms with van der Waals surface area (Å²) in [6.07, 6.45) is 6.56. The van der Waals surface area contributed by atoms with Gasteiger partial charge in [0.25, 0.3) is 0 Å². The molecular formula is C12H23N5. The molecule has 1 fully saturated rings. The van der Waals surface area contributed by atoms with E-state index in [9.17, 15) is 0 Å². The highest BCUT2D eigenvalue weighted by Gasteiger charge is 2.33. The molecule has 0 aromatic carbocycles. The van der Waals surface area contributed by atoms with E-state index in [0.29, 0.717) is 5.41 Å². The summed E-state index contributed by atoms with van der Waals surface area (Å²) in [5, 5.41) is 15.3. The molecule has 0 amide bonds. The van der Waals surface area contributed by atoms with Crippen molar-refractivity contribution >= 4 is 0 Å². The summed E-state index contributed by atoms with van der Waals surface area (Å²) in [7, 11) is 1.94. The van der Waals surface area contributed by atoms with Crippen LogP contribution in [0.25, 0.3) is 0 Å². The van der Waals surface area contributed by atoms with Gasteiger partial charge in [-0.25, -0.2) is 4.68 Å². The monoisotopic (exact) mass is 237 g/mol. The zero-order valence-electron chi connectivity index (χ0n) is 11.1. The molecule has 2 rings (SSSR count). The Kier molecular flexibility index (Phi) is 3.76. The van der Waals surface area contributed by atoms with Gasteiger partial charge in [0.15, 0.2) is 5.82 Å². The minimum absolute atomic E-state index is 0.209. The quantitative estimate of drug-likeness (QED) is 0.850. The molecule has 0 spiro atoms. The van der Waals surface area contributed by atoms with Crippen LogP contribution in [0.1, 0.15) is 57.8 Å². The summed E-state index contributed by atoms with van der Waals surface area (Å²) >= 11 is 0. The zero-order chi connectivity index (χ0) is 12.3. The van der Waals surface area contributed by atoms with Crippen LogP contribution in [0, 0.1) is 5.41 Å². The lowest BCUT2D eigenvalue weighted by Gasteiger charge is -2.27. The average Bonchev–Trinajstić information content (AvgIpc) is 2.98. The van der Waals surface area contributed by atoms with E-state index in [0.717, 1.165) is 12.4 Å². The van der Waals surface area contributed by atoms with Crippen LogP contribution in [0.5, 0.6) is 0 Å². The first-order chi connectivity index (χ1) is 8.21. The number of tetrazole rings is 1. The molecule has 5 nitrogen and oxygen atoms in total. The van der Waals surface area contributed by atoms with Crippen molar-refractivity contribution in [3.05, 3.63) is 5.82 Å².